The second kappa shape index (κ2) is 8.93. The number of likely N-dealkylation sites (tertiary alicyclic amines) is 1. The van der Waals surface area contributed by atoms with Gasteiger partial charge in [0.15, 0.2) is 11.6 Å². The Hall–Kier alpha value is -3.38. The van der Waals surface area contributed by atoms with Gasteiger partial charge in [-0.25, -0.2) is 13.6 Å². The first-order valence-electron chi connectivity index (χ1n) is 10.7. The third-order valence-electron chi connectivity index (χ3n) is 6.46. The van der Waals surface area contributed by atoms with E-state index in [9.17, 15) is 44.7 Å². The second-order valence-electron chi connectivity index (χ2n) is 8.65. The zero-order valence-corrected chi connectivity index (χ0v) is 18.3. The molecule has 36 heavy (non-hydrogen) atoms. The highest BCUT2D eigenvalue weighted by atomic mass is 19.4. The minimum atomic E-state index is -5.11. The summed E-state index contributed by atoms with van der Waals surface area (Å²) in [5.41, 5.74) is -4.93. The molecule has 1 unspecified atom stereocenters. The summed E-state index contributed by atoms with van der Waals surface area (Å²) in [7, 11) is 0. The molecule has 2 aliphatic heterocycles. The number of rotatable bonds is 2. The van der Waals surface area contributed by atoms with E-state index < -0.39 is 64.2 Å². The average molecular weight is 522 g/mol. The molecular formula is C23H18F8N2O3. The number of piperidine rings is 1. The Morgan fingerprint density at radius 1 is 0.917 bits per heavy atom. The topological polar surface area (TPSA) is 58.6 Å². The van der Waals surface area contributed by atoms with Crippen molar-refractivity contribution in [3.8, 4) is 0 Å². The fraction of sp³-hybridized carbons (Fsp3) is 0.391. The van der Waals surface area contributed by atoms with E-state index in [0.717, 1.165) is 17.0 Å². The highest BCUT2D eigenvalue weighted by Gasteiger charge is 2.49. The molecule has 2 heterocycles. The molecule has 0 aromatic heterocycles. The fourth-order valence-electron chi connectivity index (χ4n) is 4.61. The number of ether oxygens (including phenoxy) is 1. The number of alkyl halides is 6. The SMILES string of the molecule is O=C1NCC(c2ccc(F)c(F)c2)C2(CCN(C(=O)c3cc(C(F)(F)F)cc(C(F)(F)F)c3)CC2)O1. The van der Waals surface area contributed by atoms with Gasteiger partial charge in [-0.3, -0.25) is 4.79 Å². The lowest BCUT2D eigenvalue weighted by atomic mass is 9.74. The number of halogens is 8. The molecular weight excluding hydrogens is 504 g/mol. The van der Waals surface area contributed by atoms with E-state index in [1.54, 1.807) is 0 Å². The fourth-order valence-corrected chi connectivity index (χ4v) is 4.61. The Labute approximate surface area is 199 Å². The molecule has 1 atom stereocenters. The van der Waals surface area contributed by atoms with E-state index in [2.05, 4.69) is 5.32 Å². The van der Waals surface area contributed by atoms with Crippen molar-refractivity contribution in [3.05, 3.63) is 70.3 Å². The summed E-state index contributed by atoms with van der Waals surface area (Å²) >= 11 is 0. The number of hydrogen-bond donors (Lipinski definition) is 1. The number of nitrogens with zero attached hydrogens (tertiary/aromatic N) is 1. The Balaban J connectivity index is 1.59. The number of nitrogens with one attached hydrogen (secondary N) is 1. The monoisotopic (exact) mass is 522 g/mol. The summed E-state index contributed by atoms with van der Waals surface area (Å²) < 4.78 is 112. The Morgan fingerprint density at radius 2 is 1.50 bits per heavy atom. The van der Waals surface area contributed by atoms with Crippen LogP contribution in [0.15, 0.2) is 36.4 Å². The highest BCUT2D eigenvalue weighted by Crippen LogP contribution is 2.43. The van der Waals surface area contributed by atoms with Crippen LogP contribution in [0.3, 0.4) is 0 Å². The smallest absolute Gasteiger partial charge is 0.416 e. The molecule has 1 spiro atoms. The summed E-state index contributed by atoms with van der Waals surface area (Å²) in [5, 5.41) is 2.47. The molecule has 5 nitrogen and oxygen atoms in total. The van der Waals surface area contributed by atoms with Crippen LogP contribution in [0.25, 0.3) is 0 Å². The van der Waals surface area contributed by atoms with E-state index in [0.29, 0.717) is 17.7 Å². The zero-order chi connectivity index (χ0) is 26.5. The van der Waals surface area contributed by atoms with Crippen LogP contribution in [0.2, 0.25) is 0 Å². The quantitative estimate of drug-likeness (QED) is 0.530. The third kappa shape index (κ3) is 4.96. The number of hydrogen-bond acceptors (Lipinski definition) is 3. The van der Waals surface area contributed by atoms with Crippen LogP contribution < -0.4 is 5.32 Å². The predicted octanol–water partition coefficient (Wildman–Crippen LogP) is 5.50. The van der Waals surface area contributed by atoms with Crippen LogP contribution in [0.1, 0.15) is 45.8 Å². The van der Waals surface area contributed by atoms with Gasteiger partial charge in [0, 0.05) is 44.0 Å². The summed E-state index contributed by atoms with van der Waals surface area (Å²) in [6.45, 7) is -0.311. The predicted molar refractivity (Wildman–Crippen MR) is 108 cm³/mol. The van der Waals surface area contributed by atoms with Gasteiger partial charge in [-0.1, -0.05) is 6.07 Å². The van der Waals surface area contributed by atoms with Crippen molar-refractivity contribution in [2.45, 2.75) is 36.7 Å². The molecule has 0 radical (unpaired) electrons. The maximum absolute atomic E-state index is 13.8. The van der Waals surface area contributed by atoms with Gasteiger partial charge in [-0.2, -0.15) is 26.3 Å². The largest absolute Gasteiger partial charge is 0.442 e. The molecule has 13 heteroatoms. The summed E-state index contributed by atoms with van der Waals surface area (Å²) in [6, 6.07) is 3.85. The van der Waals surface area contributed by atoms with E-state index in [4.69, 9.17) is 4.74 Å². The number of alkyl carbamates (subject to hydrolysis) is 1. The zero-order valence-electron chi connectivity index (χ0n) is 18.3. The van der Waals surface area contributed by atoms with Crippen LogP contribution >= 0.6 is 0 Å². The Kier molecular flexibility index (Phi) is 6.38. The van der Waals surface area contributed by atoms with Gasteiger partial charge in [-0.05, 0) is 35.9 Å². The van der Waals surface area contributed by atoms with Crippen LogP contribution in [0, 0.1) is 11.6 Å². The first kappa shape index (κ1) is 25.7. The van der Waals surface area contributed by atoms with Gasteiger partial charge < -0.3 is 15.0 Å². The Bertz CT molecular complexity index is 1150. The van der Waals surface area contributed by atoms with Crippen LogP contribution in [-0.2, 0) is 17.1 Å². The molecule has 4 rings (SSSR count). The van der Waals surface area contributed by atoms with E-state index >= 15 is 0 Å². The van der Waals surface area contributed by atoms with Crippen LogP contribution in [0.4, 0.5) is 39.9 Å². The van der Waals surface area contributed by atoms with Gasteiger partial charge >= 0.3 is 18.4 Å². The highest BCUT2D eigenvalue weighted by molar-refractivity contribution is 5.94. The molecule has 1 N–H and O–H groups in total. The lowest BCUT2D eigenvalue weighted by molar-refractivity contribution is -0.143. The van der Waals surface area contributed by atoms with Gasteiger partial charge in [0.2, 0.25) is 0 Å². The maximum atomic E-state index is 13.8. The molecule has 0 bridgehead atoms. The van der Waals surface area contributed by atoms with Crippen molar-refractivity contribution in [1.29, 1.82) is 0 Å². The average Bonchev–Trinajstić information content (AvgIpc) is 2.80. The summed E-state index contributed by atoms with van der Waals surface area (Å²) in [6.07, 6.45) is -11.0. The van der Waals surface area contributed by atoms with E-state index in [1.807, 2.05) is 0 Å². The standard InChI is InChI=1S/C23H18F8N2O3/c24-17-2-1-12(9-18(17)25)16-11-32-20(35)36-21(16)3-5-33(6-4-21)19(34)13-7-14(22(26,27)28)10-15(8-13)23(29,30)31/h1-2,7-10,16H,3-6,11H2,(H,32,35). The first-order valence-corrected chi connectivity index (χ1v) is 10.7. The molecule has 2 amide bonds. The van der Waals surface area contributed by atoms with Gasteiger partial charge in [-0.15, -0.1) is 0 Å². The number of carbonyl (C=O) groups excluding carboxylic acids is 2. The van der Waals surface area contributed by atoms with Crippen molar-refractivity contribution in [2.24, 2.45) is 0 Å². The number of carbonyl (C=O) groups is 2. The first-order chi connectivity index (χ1) is 16.7. The number of amides is 2. The van der Waals surface area contributed by atoms with Crippen LogP contribution in [0.5, 0.6) is 0 Å². The van der Waals surface area contributed by atoms with Crippen LogP contribution in [-0.4, -0.2) is 42.1 Å². The van der Waals surface area contributed by atoms with Crippen molar-refractivity contribution in [1.82, 2.24) is 10.2 Å². The number of benzene rings is 2. The van der Waals surface area contributed by atoms with E-state index in [-0.39, 0.29) is 38.5 Å². The van der Waals surface area contributed by atoms with Crippen molar-refractivity contribution >= 4 is 12.0 Å². The molecule has 194 valence electrons. The second-order valence-corrected chi connectivity index (χ2v) is 8.65. The molecule has 2 aromatic rings. The molecule has 0 aliphatic carbocycles. The summed E-state index contributed by atoms with van der Waals surface area (Å²) in [5.74, 6) is -3.88. The molecule has 2 saturated heterocycles. The summed E-state index contributed by atoms with van der Waals surface area (Å²) in [4.78, 5) is 25.9. The lowest BCUT2D eigenvalue weighted by Gasteiger charge is -2.48. The molecule has 2 aromatic carbocycles. The maximum Gasteiger partial charge on any atom is 0.416 e. The third-order valence-corrected chi connectivity index (χ3v) is 6.46. The van der Waals surface area contributed by atoms with Gasteiger partial charge in [0.05, 0.1) is 11.1 Å². The Morgan fingerprint density at radius 3 is 2.03 bits per heavy atom. The molecule has 0 saturated carbocycles. The van der Waals surface area contributed by atoms with Crippen molar-refractivity contribution in [3.63, 3.8) is 0 Å². The normalized spacial score (nSPS) is 20.2. The minimum absolute atomic E-state index is 0.0143. The molecule has 2 aliphatic rings. The van der Waals surface area contributed by atoms with Crippen molar-refractivity contribution in [2.75, 3.05) is 19.6 Å². The minimum Gasteiger partial charge on any atom is -0.442 e. The lowest BCUT2D eigenvalue weighted by Crippen LogP contribution is -2.58. The van der Waals surface area contributed by atoms with E-state index in [1.165, 1.54) is 6.07 Å². The van der Waals surface area contributed by atoms with Gasteiger partial charge in [0.1, 0.15) is 5.60 Å². The molecule has 2 fully saturated rings. The van der Waals surface area contributed by atoms with Gasteiger partial charge in [0.25, 0.3) is 5.91 Å². The van der Waals surface area contributed by atoms with Crippen molar-refractivity contribution < 1.29 is 49.4 Å².